The molecule has 0 saturated carbocycles. The number of anilines is 2. The molecule has 0 aromatic heterocycles. The summed E-state index contributed by atoms with van der Waals surface area (Å²) in [6.07, 6.45) is 1.47. The summed E-state index contributed by atoms with van der Waals surface area (Å²) in [5.41, 5.74) is 3.29. The van der Waals surface area contributed by atoms with Crippen molar-refractivity contribution in [2.45, 2.75) is 11.8 Å². The lowest BCUT2D eigenvalue weighted by Crippen LogP contribution is -2.15. The highest BCUT2D eigenvalue weighted by molar-refractivity contribution is 7.92. The van der Waals surface area contributed by atoms with Gasteiger partial charge in [0.05, 0.1) is 30.5 Å². The average Bonchev–Trinajstić information content (AvgIpc) is 2.80. The van der Waals surface area contributed by atoms with Crippen LogP contribution in [-0.4, -0.2) is 33.3 Å². The molecule has 0 atom stereocenters. The second-order valence-corrected chi connectivity index (χ2v) is 8.26. The Balaban J connectivity index is 1.92. The minimum absolute atomic E-state index is 0.0618. The van der Waals surface area contributed by atoms with Crippen LogP contribution < -0.4 is 19.6 Å². The van der Waals surface area contributed by atoms with Gasteiger partial charge in [0.1, 0.15) is 16.4 Å². The van der Waals surface area contributed by atoms with Crippen LogP contribution in [0.4, 0.5) is 17.1 Å². The Hall–Kier alpha value is -4.12. The van der Waals surface area contributed by atoms with Crippen LogP contribution in [0, 0.1) is 10.1 Å². The first-order valence-electron chi connectivity index (χ1n) is 9.80. The molecule has 0 aliphatic carbocycles. The van der Waals surface area contributed by atoms with Gasteiger partial charge in [0.15, 0.2) is 0 Å². The second kappa shape index (κ2) is 10.5. The van der Waals surface area contributed by atoms with Crippen LogP contribution in [0.5, 0.6) is 11.5 Å². The lowest BCUT2D eigenvalue weighted by Gasteiger charge is -2.12. The average molecular weight is 471 g/mol. The van der Waals surface area contributed by atoms with Crippen molar-refractivity contribution in [3.63, 3.8) is 0 Å². The maximum atomic E-state index is 13.0. The quantitative estimate of drug-likeness (QED) is 0.257. The number of rotatable bonds is 10. The number of ether oxygens (including phenoxy) is 2. The predicted octanol–water partition coefficient (Wildman–Crippen LogP) is 4.25. The number of hydrogen-bond acceptors (Lipinski definition) is 8. The van der Waals surface area contributed by atoms with Gasteiger partial charge in [-0.1, -0.05) is 12.1 Å². The molecule has 0 fully saturated rings. The minimum Gasteiger partial charge on any atom is -0.497 e. The summed E-state index contributed by atoms with van der Waals surface area (Å²) in [6, 6.07) is 16.9. The van der Waals surface area contributed by atoms with E-state index in [-0.39, 0.29) is 22.0 Å². The molecule has 0 aliphatic rings. The van der Waals surface area contributed by atoms with E-state index in [1.54, 1.807) is 24.3 Å². The molecule has 3 rings (SSSR count). The Morgan fingerprint density at radius 1 is 1.09 bits per heavy atom. The molecule has 0 radical (unpaired) electrons. The third-order valence-electron chi connectivity index (χ3n) is 4.42. The van der Waals surface area contributed by atoms with E-state index in [2.05, 4.69) is 15.2 Å². The van der Waals surface area contributed by atoms with Crippen molar-refractivity contribution in [3.8, 4) is 11.5 Å². The lowest BCUT2D eigenvalue weighted by atomic mass is 10.2. The number of methoxy groups -OCH3 is 1. The highest BCUT2D eigenvalue weighted by atomic mass is 32.2. The molecule has 0 amide bonds. The molecule has 11 heteroatoms. The number of non-ortho nitro benzene ring substituents is 1. The van der Waals surface area contributed by atoms with Crippen molar-refractivity contribution in [1.29, 1.82) is 0 Å². The molecule has 3 aromatic rings. The van der Waals surface area contributed by atoms with Crippen molar-refractivity contribution in [2.24, 2.45) is 5.10 Å². The van der Waals surface area contributed by atoms with Crippen LogP contribution >= 0.6 is 0 Å². The fourth-order valence-electron chi connectivity index (χ4n) is 2.85. The van der Waals surface area contributed by atoms with Gasteiger partial charge in [0.25, 0.3) is 15.7 Å². The maximum absolute atomic E-state index is 13.0. The normalized spacial score (nSPS) is 11.2. The summed E-state index contributed by atoms with van der Waals surface area (Å²) < 4.78 is 39.1. The summed E-state index contributed by atoms with van der Waals surface area (Å²) >= 11 is 0. The van der Waals surface area contributed by atoms with E-state index in [4.69, 9.17) is 9.47 Å². The van der Waals surface area contributed by atoms with Gasteiger partial charge in [-0.3, -0.25) is 20.3 Å². The van der Waals surface area contributed by atoms with Crippen LogP contribution in [0.25, 0.3) is 0 Å². The lowest BCUT2D eigenvalue weighted by molar-refractivity contribution is -0.385. The summed E-state index contributed by atoms with van der Waals surface area (Å²) in [7, 11) is -2.69. The van der Waals surface area contributed by atoms with Gasteiger partial charge in [0, 0.05) is 23.4 Å². The van der Waals surface area contributed by atoms with E-state index in [1.165, 1.54) is 37.6 Å². The number of hydrogen-bond donors (Lipinski definition) is 2. The SMILES string of the molecule is CCOc1ccccc1C=NNc1ccc([N+](=O)[O-])cc1S(=O)(=O)Nc1ccc(OC)cc1. The van der Waals surface area contributed by atoms with Crippen LogP contribution in [0.1, 0.15) is 12.5 Å². The van der Waals surface area contributed by atoms with Crippen molar-refractivity contribution < 1.29 is 22.8 Å². The molecule has 10 nitrogen and oxygen atoms in total. The van der Waals surface area contributed by atoms with Crippen LogP contribution in [0.3, 0.4) is 0 Å². The number of sulfonamides is 1. The number of hydrazone groups is 1. The molecule has 0 spiro atoms. The highest BCUT2D eigenvalue weighted by Gasteiger charge is 2.22. The maximum Gasteiger partial charge on any atom is 0.270 e. The fraction of sp³-hybridized carbons (Fsp3) is 0.136. The number of nitrogens with one attached hydrogen (secondary N) is 2. The first-order chi connectivity index (χ1) is 15.8. The Labute approximate surface area is 191 Å². The molecule has 172 valence electrons. The van der Waals surface area contributed by atoms with Gasteiger partial charge in [-0.2, -0.15) is 5.10 Å². The zero-order valence-electron chi connectivity index (χ0n) is 17.9. The van der Waals surface area contributed by atoms with Crippen molar-refractivity contribution in [2.75, 3.05) is 23.9 Å². The molecule has 0 heterocycles. The zero-order valence-corrected chi connectivity index (χ0v) is 18.7. The first kappa shape index (κ1) is 23.5. The molecule has 0 unspecified atom stereocenters. The zero-order chi connectivity index (χ0) is 23.8. The van der Waals surface area contributed by atoms with Gasteiger partial charge < -0.3 is 9.47 Å². The van der Waals surface area contributed by atoms with E-state index in [1.807, 2.05) is 19.1 Å². The number of nitro benzene ring substituents is 1. The van der Waals surface area contributed by atoms with E-state index < -0.39 is 14.9 Å². The van der Waals surface area contributed by atoms with E-state index in [0.717, 1.165) is 6.07 Å². The largest absolute Gasteiger partial charge is 0.497 e. The third-order valence-corrected chi connectivity index (χ3v) is 5.84. The van der Waals surface area contributed by atoms with Gasteiger partial charge in [-0.15, -0.1) is 0 Å². The Morgan fingerprint density at radius 3 is 2.48 bits per heavy atom. The highest BCUT2D eigenvalue weighted by Crippen LogP contribution is 2.29. The van der Waals surface area contributed by atoms with Crippen molar-refractivity contribution in [3.05, 3.63) is 82.4 Å². The molecule has 0 aliphatic heterocycles. The first-order valence-corrected chi connectivity index (χ1v) is 11.3. The van der Waals surface area contributed by atoms with E-state index >= 15 is 0 Å². The molecule has 3 aromatic carbocycles. The smallest absolute Gasteiger partial charge is 0.270 e. The standard InChI is InChI=1S/C22H22N4O6S/c1-3-32-21-7-5-4-6-16(21)15-23-24-20-13-10-18(26(27)28)14-22(20)33(29,30)25-17-8-11-19(31-2)12-9-17/h4-15,24-25H,3H2,1-2H3. The van der Waals surface area contributed by atoms with Gasteiger partial charge in [-0.25, -0.2) is 8.42 Å². The van der Waals surface area contributed by atoms with E-state index in [0.29, 0.717) is 23.7 Å². The molecule has 33 heavy (non-hydrogen) atoms. The Morgan fingerprint density at radius 2 is 1.82 bits per heavy atom. The third kappa shape index (κ3) is 5.98. The number of para-hydroxylation sites is 1. The molecule has 2 N–H and O–H groups in total. The fourth-order valence-corrected chi connectivity index (χ4v) is 4.09. The van der Waals surface area contributed by atoms with Crippen molar-refractivity contribution >= 4 is 33.3 Å². The molecule has 0 saturated heterocycles. The molecular formula is C22H22N4O6S. The van der Waals surface area contributed by atoms with Crippen molar-refractivity contribution in [1.82, 2.24) is 0 Å². The molecule has 0 bridgehead atoms. The number of nitrogens with zero attached hydrogens (tertiary/aromatic N) is 2. The monoisotopic (exact) mass is 470 g/mol. The summed E-state index contributed by atoms with van der Waals surface area (Å²) in [4.78, 5) is 10.2. The molecular weight excluding hydrogens is 448 g/mol. The Bertz CT molecular complexity index is 1260. The summed E-state index contributed by atoms with van der Waals surface area (Å²) in [6.45, 7) is 2.33. The van der Waals surface area contributed by atoms with Crippen LogP contribution in [0.2, 0.25) is 0 Å². The predicted molar refractivity (Wildman–Crippen MR) is 126 cm³/mol. The summed E-state index contributed by atoms with van der Waals surface area (Å²) in [5, 5.41) is 15.3. The van der Waals surface area contributed by atoms with Gasteiger partial charge in [0.2, 0.25) is 0 Å². The van der Waals surface area contributed by atoms with Crippen LogP contribution in [-0.2, 0) is 10.0 Å². The van der Waals surface area contributed by atoms with Gasteiger partial charge in [-0.05, 0) is 49.4 Å². The summed E-state index contributed by atoms with van der Waals surface area (Å²) in [5.74, 6) is 1.17. The number of benzene rings is 3. The Kier molecular flexibility index (Phi) is 7.46. The van der Waals surface area contributed by atoms with Gasteiger partial charge >= 0.3 is 0 Å². The minimum atomic E-state index is -4.19. The van der Waals surface area contributed by atoms with Crippen LogP contribution in [0.15, 0.2) is 76.7 Å². The number of nitro groups is 1. The van der Waals surface area contributed by atoms with E-state index in [9.17, 15) is 18.5 Å². The topological polar surface area (TPSA) is 132 Å². The second-order valence-electron chi connectivity index (χ2n) is 6.61.